The summed E-state index contributed by atoms with van der Waals surface area (Å²) in [4.78, 5) is 11.4. The molecule has 1 saturated heterocycles. The lowest BCUT2D eigenvalue weighted by Gasteiger charge is -2.32. The minimum Gasteiger partial charge on any atom is -0.340 e. The third-order valence-electron chi connectivity index (χ3n) is 4.08. The van der Waals surface area contributed by atoms with Gasteiger partial charge in [0, 0.05) is 37.4 Å². The average Bonchev–Trinajstić information content (AvgIpc) is 3.15. The zero-order valence-electron chi connectivity index (χ0n) is 14.1. The SMILES string of the molecule is Cc1nc(CN2CCC[C@@H](NCc3csc(C(C)C)n3)C2)no1. The Morgan fingerprint density at radius 3 is 3.00 bits per heavy atom. The molecule has 0 radical (unpaired) electrons. The van der Waals surface area contributed by atoms with E-state index >= 15 is 0 Å². The molecular weight excluding hydrogens is 310 g/mol. The summed E-state index contributed by atoms with van der Waals surface area (Å²) in [6.45, 7) is 9.95. The summed E-state index contributed by atoms with van der Waals surface area (Å²) < 4.78 is 5.05. The molecule has 6 nitrogen and oxygen atoms in total. The van der Waals surface area contributed by atoms with Crippen LogP contribution in [0.2, 0.25) is 0 Å². The molecule has 1 aliphatic heterocycles. The van der Waals surface area contributed by atoms with Gasteiger partial charge in [0.2, 0.25) is 5.89 Å². The fourth-order valence-electron chi connectivity index (χ4n) is 2.89. The van der Waals surface area contributed by atoms with Crippen molar-refractivity contribution in [2.45, 2.75) is 58.7 Å². The topological polar surface area (TPSA) is 67.1 Å². The number of likely N-dealkylation sites (tertiary alicyclic amines) is 1. The molecule has 0 aliphatic carbocycles. The Labute approximate surface area is 141 Å². The molecule has 2 aromatic rings. The number of nitrogens with one attached hydrogen (secondary N) is 1. The quantitative estimate of drug-likeness (QED) is 0.875. The number of nitrogens with zero attached hydrogens (tertiary/aromatic N) is 4. The molecule has 0 aromatic carbocycles. The van der Waals surface area contributed by atoms with Gasteiger partial charge in [0.1, 0.15) is 0 Å². The number of thiazole rings is 1. The fourth-order valence-corrected chi connectivity index (χ4v) is 3.72. The molecule has 23 heavy (non-hydrogen) atoms. The number of rotatable bonds is 6. The maximum absolute atomic E-state index is 5.05. The summed E-state index contributed by atoms with van der Waals surface area (Å²) >= 11 is 1.76. The maximum atomic E-state index is 5.05. The van der Waals surface area contributed by atoms with Crippen molar-refractivity contribution in [3.63, 3.8) is 0 Å². The van der Waals surface area contributed by atoms with E-state index in [4.69, 9.17) is 9.51 Å². The zero-order chi connectivity index (χ0) is 16.2. The Morgan fingerprint density at radius 2 is 2.30 bits per heavy atom. The molecule has 0 spiro atoms. The summed E-state index contributed by atoms with van der Waals surface area (Å²) in [5.41, 5.74) is 1.16. The minimum atomic E-state index is 0.501. The van der Waals surface area contributed by atoms with Crippen LogP contribution in [0.15, 0.2) is 9.90 Å². The first-order chi connectivity index (χ1) is 11.1. The van der Waals surface area contributed by atoms with Crippen molar-refractivity contribution < 1.29 is 4.52 Å². The number of hydrogen-bond donors (Lipinski definition) is 1. The van der Waals surface area contributed by atoms with Gasteiger partial charge in [-0.1, -0.05) is 19.0 Å². The second-order valence-corrected chi connectivity index (χ2v) is 7.41. The third kappa shape index (κ3) is 4.59. The number of aromatic nitrogens is 3. The first-order valence-electron chi connectivity index (χ1n) is 8.29. The number of hydrogen-bond acceptors (Lipinski definition) is 7. The molecule has 3 heterocycles. The second-order valence-electron chi connectivity index (χ2n) is 6.52. The van der Waals surface area contributed by atoms with Crippen molar-refractivity contribution in [3.8, 4) is 0 Å². The highest BCUT2D eigenvalue weighted by molar-refractivity contribution is 7.09. The fraction of sp³-hybridized carbons (Fsp3) is 0.688. The maximum Gasteiger partial charge on any atom is 0.223 e. The van der Waals surface area contributed by atoms with Crippen molar-refractivity contribution in [1.29, 1.82) is 0 Å². The smallest absolute Gasteiger partial charge is 0.223 e. The van der Waals surface area contributed by atoms with Crippen LogP contribution in [0.4, 0.5) is 0 Å². The van der Waals surface area contributed by atoms with E-state index in [1.807, 2.05) is 6.92 Å². The van der Waals surface area contributed by atoms with E-state index in [9.17, 15) is 0 Å². The molecular formula is C16H25N5OS. The van der Waals surface area contributed by atoms with Gasteiger partial charge < -0.3 is 9.84 Å². The van der Waals surface area contributed by atoms with E-state index in [0.29, 0.717) is 17.9 Å². The Hall–Kier alpha value is -1.31. The third-order valence-corrected chi connectivity index (χ3v) is 5.27. The summed E-state index contributed by atoms with van der Waals surface area (Å²) in [5, 5.41) is 11.0. The van der Waals surface area contributed by atoms with Gasteiger partial charge in [0.05, 0.1) is 17.2 Å². The summed E-state index contributed by atoms with van der Waals surface area (Å²) in [7, 11) is 0. The van der Waals surface area contributed by atoms with E-state index in [1.165, 1.54) is 17.8 Å². The van der Waals surface area contributed by atoms with Crippen molar-refractivity contribution >= 4 is 11.3 Å². The Morgan fingerprint density at radius 1 is 1.43 bits per heavy atom. The first kappa shape index (κ1) is 16.5. The predicted octanol–water partition coefficient (Wildman–Crippen LogP) is 2.71. The van der Waals surface area contributed by atoms with E-state index in [-0.39, 0.29) is 0 Å². The lowest BCUT2D eigenvalue weighted by molar-refractivity contribution is 0.177. The number of piperidine rings is 1. The van der Waals surface area contributed by atoms with Gasteiger partial charge in [-0.05, 0) is 19.4 Å². The molecule has 0 saturated carbocycles. The van der Waals surface area contributed by atoms with Crippen LogP contribution in [0.25, 0.3) is 0 Å². The van der Waals surface area contributed by atoms with Crippen LogP contribution in [0.1, 0.15) is 55.0 Å². The summed E-state index contributed by atoms with van der Waals surface area (Å²) in [6, 6.07) is 0.501. The van der Waals surface area contributed by atoms with Gasteiger partial charge in [-0.2, -0.15) is 4.98 Å². The largest absolute Gasteiger partial charge is 0.340 e. The van der Waals surface area contributed by atoms with Gasteiger partial charge in [0.25, 0.3) is 0 Å². The zero-order valence-corrected chi connectivity index (χ0v) is 14.9. The first-order valence-corrected chi connectivity index (χ1v) is 9.17. The van der Waals surface area contributed by atoms with Crippen LogP contribution < -0.4 is 5.32 Å². The molecule has 126 valence electrons. The van der Waals surface area contributed by atoms with Gasteiger partial charge in [-0.3, -0.25) is 4.90 Å². The molecule has 2 aromatic heterocycles. The van der Waals surface area contributed by atoms with Crippen LogP contribution in [-0.4, -0.2) is 39.2 Å². The van der Waals surface area contributed by atoms with Crippen LogP contribution >= 0.6 is 11.3 Å². The molecule has 7 heteroatoms. The van der Waals surface area contributed by atoms with Gasteiger partial charge in [-0.15, -0.1) is 11.3 Å². The minimum absolute atomic E-state index is 0.501. The van der Waals surface area contributed by atoms with Crippen LogP contribution in [-0.2, 0) is 13.1 Å². The van der Waals surface area contributed by atoms with E-state index in [1.54, 1.807) is 11.3 Å². The normalized spacial score (nSPS) is 19.6. The summed E-state index contributed by atoms with van der Waals surface area (Å²) in [6.07, 6.45) is 2.41. The molecule has 0 bridgehead atoms. The predicted molar refractivity (Wildman–Crippen MR) is 90.4 cm³/mol. The monoisotopic (exact) mass is 335 g/mol. The Kier molecular flexibility index (Phi) is 5.40. The van der Waals surface area contributed by atoms with Gasteiger partial charge >= 0.3 is 0 Å². The molecule has 1 aliphatic rings. The van der Waals surface area contributed by atoms with Gasteiger partial charge in [0.15, 0.2) is 5.82 Å². The van der Waals surface area contributed by atoms with Crippen molar-refractivity contribution in [3.05, 3.63) is 27.8 Å². The van der Waals surface area contributed by atoms with Crippen molar-refractivity contribution in [1.82, 2.24) is 25.3 Å². The lowest BCUT2D eigenvalue weighted by atomic mass is 10.1. The molecule has 3 rings (SSSR count). The molecule has 0 unspecified atom stereocenters. The van der Waals surface area contributed by atoms with E-state index < -0.39 is 0 Å². The van der Waals surface area contributed by atoms with Crippen LogP contribution in [0.5, 0.6) is 0 Å². The van der Waals surface area contributed by atoms with E-state index in [2.05, 4.69) is 39.6 Å². The second kappa shape index (κ2) is 7.51. The Bertz CT molecular complexity index is 624. The highest BCUT2D eigenvalue weighted by atomic mass is 32.1. The lowest BCUT2D eigenvalue weighted by Crippen LogP contribution is -2.45. The standard InChI is InChI=1S/C16H25N5OS/c1-11(2)16-19-14(10-23-16)7-17-13-5-4-6-21(8-13)9-15-18-12(3)22-20-15/h10-11,13,17H,4-9H2,1-3H3/t13-/m1/s1. The molecule has 1 fully saturated rings. The van der Waals surface area contributed by atoms with Crippen LogP contribution in [0, 0.1) is 6.92 Å². The van der Waals surface area contributed by atoms with E-state index in [0.717, 1.165) is 37.7 Å². The highest BCUT2D eigenvalue weighted by Gasteiger charge is 2.21. The Balaban J connectivity index is 1.48. The van der Waals surface area contributed by atoms with Crippen molar-refractivity contribution in [2.24, 2.45) is 0 Å². The summed E-state index contributed by atoms with van der Waals surface area (Å²) in [5.74, 6) is 1.93. The van der Waals surface area contributed by atoms with Gasteiger partial charge in [-0.25, -0.2) is 4.98 Å². The average molecular weight is 335 g/mol. The molecule has 0 amide bonds. The molecule has 1 N–H and O–H groups in total. The highest BCUT2D eigenvalue weighted by Crippen LogP contribution is 2.19. The van der Waals surface area contributed by atoms with Crippen molar-refractivity contribution in [2.75, 3.05) is 13.1 Å². The number of aryl methyl sites for hydroxylation is 1. The van der Waals surface area contributed by atoms with Crippen LogP contribution in [0.3, 0.4) is 0 Å². The molecule has 1 atom stereocenters.